The van der Waals surface area contributed by atoms with Crippen LogP contribution in [0.25, 0.3) is 0 Å². The lowest BCUT2D eigenvalue weighted by atomic mass is 9.96. The summed E-state index contributed by atoms with van der Waals surface area (Å²) in [6.07, 6.45) is 2.35. The standard InChI is InChI=1S/C16H22O4/c1-9(2)5-6-11-15(19)12(8-14(18)16(11)20)13(17)7-10(3)4/h5,8,10,18-20H,6-7H2,1-4H3. The zero-order valence-corrected chi connectivity index (χ0v) is 12.4. The van der Waals surface area contributed by atoms with Gasteiger partial charge in [0, 0.05) is 12.0 Å². The van der Waals surface area contributed by atoms with Gasteiger partial charge in [-0.1, -0.05) is 25.5 Å². The van der Waals surface area contributed by atoms with Crippen molar-refractivity contribution in [1.29, 1.82) is 0 Å². The van der Waals surface area contributed by atoms with Gasteiger partial charge in [-0.2, -0.15) is 0 Å². The molecule has 0 aliphatic carbocycles. The SMILES string of the molecule is CC(C)=CCc1c(O)c(O)cc(C(=O)CC(C)C)c1O. The van der Waals surface area contributed by atoms with E-state index in [9.17, 15) is 20.1 Å². The first-order chi connectivity index (χ1) is 9.23. The minimum absolute atomic E-state index is 0.0613. The van der Waals surface area contributed by atoms with Crippen molar-refractivity contribution in [2.75, 3.05) is 0 Å². The molecule has 0 spiro atoms. The number of rotatable bonds is 5. The van der Waals surface area contributed by atoms with E-state index in [2.05, 4.69) is 0 Å². The van der Waals surface area contributed by atoms with Crippen LogP contribution in [0, 0.1) is 5.92 Å². The molecule has 4 heteroatoms. The van der Waals surface area contributed by atoms with E-state index >= 15 is 0 Å². The predicted molar refractivity (Wildman–Crippen MR) is 78.4 cm³/mol. The maximum atomic E-state index is 12.1. The number of carbonyl (C=O) groups is 1. The summed E-state index contributed by atoms with van der Waals surface area (Å²) in [7, 11) is 0. The van der Waals surface area contributed by atoms with E-state index < -0.39 is 0 Å². The number of allylic oxidation sites excluding steroid dienone is 2. The minimum Gasteiger partial charge on any atom is -0.507 e. The average molecular weight is 278 g/mol. The van der Waals surface area contributed by atoms with Gasteiger partial charge < -0.3 is 15.3 Å². The van der Waals surface area contributed by atoms with E-state index in [1.54, 1.807) is 0 Å². The number of phenols is 3. The largest absolute Gasteiger partial charge is 0.507 e. The molecule has 0 atom stereocenters. The maximum absolute atomic E-state index is 12.1. The molecule has 1 aromatic carbocycles. The molecule has 0 saturated carbocycles. The second-order valence-electron chi connectivity index (χ2n) is 5.63. The maximum Gasteiger partial charge on any atom is 0.166 e. The van der Waals surface area contributed by atoms with Crippen molar-refractivity contribution >= 4 is 5.78 Å². The Hall–Kier alpha value is -1.97. The number of Topliss-reactive ketones (excluding diaryl/α,β-unsaturated/α-hetero) is 1. The molecule has 4 nitrogen and oxygen atoms in total. The highest BCUT2D eigenvalue weighted by Gasteiger charge is 2.21. The van der Waals surface area contributed by atoms with Gasteiger partial charge in [-0.15, -0.1) is 0 Å². The van der Waals surface area contributed by atoms with Gasteiger partial charge in [0.15, 0.2) is 17.3 Å². The van der Waals surface area contributed by atoms with Crippen LogP contribution in [-0.2, 0) is 6.42 Å². The number of hydrogen-bond acceptors (Lipinski definition) is 4. The molecule has 3 N–H and O–H groups in total. The van der Waals surface area contributed by atoms with Gasteiger partial charge >= 0.3 is 0 Å². The van der Waals surface area contributed by atoms with Gasteiger partial charge in [0.05, 0.1) is 5.56 Å². The van der Waals surface area contributed by atoms with Crippen molar-refractivity contribution in [1.82, 2.24) is 0 Å². The fraction of sp³-hybridized carbons (Fsp3) is 0.438. The molecule has 20 heavy (non-hydrogen) atoms. The monoisotopic (exact) mass is 278 g/mol. The number of ketones is 1. The number of carbonyl (C=O) groups excluding carboxylic acids is 1. The Bertz CT molecular complexity index is 538. The highest BCUT2D eigenvalue weighted by atomic mass is 16.3. The molecular weight excluding hydrogens is 256 g/mol. The molecule has 0 amide bonds. The van der Waals surface area contributed by atoms with Gasteiger partial charge in [0.2, 0.25) is 0 Å². The van der Waals surface area contributed by atoms with E-state index in [1.165, 1.54) is 0 Å². The predicted octanol–water partition coefficient (Wildman–Crippen LogP) is 3.54. The smallest absolute Gasteiger partial charge is 0.166 e. The van der Waals surface area contributed by atoms with E-state index in [4.69, 9.17) is 0 Å². The third-order valence-electron chi connectivity index (χ3n) is 2.96. The quantitative estimate of drug-likeness (QED) is 0.333. The molecule has 0 unspecified atom stereocenters. The molecule has 0 aromatic heterocycles. The van der Waals surface area contributed by atoms with Gasteiger partial charge in [-0.25, -0.2) is 0 Å². The van der Waals surface area contributed by atoms with Gasteiger partial charge in [-0.05, 0) is 32.3 Å². The third-order valence-corrected chi connectivity index (χ3v) is 2.96. The Morgan fingerprint density at radius 3 is 2.30 bits per heavy atom. The van der Waals surface area contributed by atoms with Crippen molar-refractivity contribution < 1.29 is 20.1 Å². The Balaban J connectivity index is 3.28. The van der Waals surface area contributed by atoms with Gasteiger partial charge in [-0.3, -0.25) is 4.79 Å². The Kier molecular flexibility index (Phi) is 5.19. The summed E-state index contributed by atoms with van der Waals surface area (Å²) >= 11 is 0. The normalized spacial score (nSPS) is 10.7. The Morgan fingerprint density at radius 1 is 1.20 bits per heavy atom. The highest BCUT2D eigenvalue weighted by Crippen LogP contribution is 2.39. The molecule has 1 aromatic rings. The summed E-state index contributed by atoms with van der Waals surface area (Å²) in [5, 5.41) is 29.7. The van der Waals surface area contributed by atoms with Crippen LogP contribution >= 0.6 is 0 Å². The third kappa shape index (κ3) is 3.76. The Labute approximate surface area is 119 Å². The van der Waals surface area contributed by atoms with Crippen LogP contribution in [-0.4, -0.2) is 21.1 Å². The summed E-state index contributed by atoms with van der Waals surface area (Å²) in [5.41, 5.74) is 1.26. The molecule has 0 bridgehead atoms. The molecule has 0 radical (unpaired) electrons. The first-order valence-corrected chi connectivity index (χ1v) is 6.67. The van der Waals surface area contributed by atoms with Crippen molar-refractivity contribution in [2.45, 2.75) is 40.5 Å². The lowest BCUT2D eigenvalue weighted by Crippen LogP contribution is -2.05. The van der Waals surface area contributed by atoms with Crippen LogP contribution in [0.15, 0.2) is 17.7 Å². The van der Waals surface area contributed by atoms with Crippen molar-refractivity contribution in [3.63, 3.8) is 0 Å². The zero-order valence-electron chi connectivity index (χ0n) is 12.4. The van der Waals surface area contributed by atoms with E-state index in [0.29, 0.717) is 0 Å². The molecule has 0 aliphatic rings. The summed E-state index contributed by atoms with van der Waals surface area (Å²) in [6, 6.07) is 1.13. The van der Waals surface area contributed by atoms with Crippen LogP contribution in [0.2, 0.25) is 0 Å². The number of phenolic OH excluding ortho intramolecular Hbond substituents is 3. The Morgan fingerprint density at radius 2 is 1.80 bits per heavy atom. The number of aromatic hydroxyl groups is 3. The number of benzene rings is 1. The number of hydrogen-bond donors (Lipinski definition) is 3. The minimum atomic E-state index is -0.382. The topological polar surface area (TPSA) is 77.8 Å². The second-order valence-corrected chi connectivity index (χ2v) is 5.63. The van der Waals surface area contributed by atoms with E-state index in [-0.39, 0.29) is 52.9 Å². The second kappa shape index (κ2) is 6.46. The molecule has 0 aliphatic heterocycles. The van der Waals surface area contributed by atoms with Crippen molar-refractivity contribution in [2.24, 2.45) is 5.92 Å². The first kappa shape index (κ1) is 16.1. The molecular formula is C16H22O4. The van der Waals surface area contributed by atoms with Crippen LogP contribution < -0.4 is 0 Å². The zero-order chi connectivity index (χ0) is 15.4. The molecule has 110 valence electrons. The van der Waals surface area contributed by atoms with Crippen molar-refractivity contribution in [3.05, 3.63) is 28.8 Å². The lowest BCUT2D eigenvalue weighted by molar-refractivity contribution is 0.0964. The average Bonchev–Trinajstić information content (AvgIpc) is 2.32. The van der Waals surface area contributed by atoms with E-state index in [1.807, 2.05) is 33.8 Å². The van der Waals surface area contributed by atoms with Crippen LogP contribution in [0.3, 0.4) is 0 Å². The fourth-order valence-electron chi connectivity index (χ4n) is 1.90. The van der Waals surface area contributed by atoms with Crippen LogP contribution in [0.4, 0.5) is 0 Å². The summed E-state index contributed by atoms with van der Waals surface area (Å²) in [5.74, 6) is -1.10. The van der Waals surface area contributed by atoms with Crippen LogP contribution in [0.5, 0.6) is 17.2 Å². The molecule has 1 rings (SSSR count). The summed E-state index contributed by atoms with van der Waals surface area (Å²) in [6.45, 7) is 7.59. The van der Waals surface area contributed by atoms with Crippen molar-refractivity contribution in [3.8, 4) is 17.2 Å². The van der Waals surface area contributed by atoms with E-state index in [0.717, 1.165) is 11.6 Å². The molecule has 0 saturated heterocycles. The highest BCUT2D eigenvalue weighted by molar-refractivity contribution is 6.00. The fourth-order valence-corrected chi connectivity index (χ4v) is 1.90. The van der Waals surface area contributed by atoms with Gasteiger partial charge in [0.1, 0.15) is 5.75 Å². The summed E-state index contributed by atoms with van der Waals surface area (Å²) in [4.78, 5) is 12.1. The molecule has 0 fully saturated rings. The first-order valence-electron chi connectivity index (χ1n) is 6.67. The lowest BCUT2D eigenvalue weighted by Gasteiger charge is -2.12. The summed E-state index contributed by atoms with van der Waals surface area (Å²) < 4.78 is 0. The van der Waals surface area contributed by atoms with Gasteiger partial charge in [0.25, 0.3) is 0 Å². The van der Waals surface area contributed by atoms with Crippen LogP contribution in [0.1, 0.15) is 50.0 Å². The molecule has 0 heterocycles.